The number of nitrogens with zero attached hydrogens (tertiary/aromatic N) is 2. The lowest BCUT2D eigenvalue weighted by Gasteiger charge is -2.31. The Balaban J connectivity index is 0.833. The highest BCUT2D eigenvalue weighted by atomic mass is 19.1. The smallest absolute Gasteiger partial charge is 0.407 e. The number of hydrogen-bond acceptors (Lipinski definition) is 30. The number of aliphatic hydroxyl groups is 1. The quantitative estimate of drug-likeness (QED) is 0.0216. The summed E-state index contributed by atoms with van der Waals surface area (Å²) in [7, 11) is 3.25. The van der Waals surface area contributed by atoms with Gasteiger partial charge in [0.25, 0.3) is 5.56 Å². The average Bonchev–Trinajstić information content (AvgIpc) is 1.58. The van der Waals surface area contributed by atoms with Crippen LogP contribution in [0.1, 0.15) is 105 Å². The number of nitrogens with two attached hydrogens (primary N) is 1. The van der Waals surface area contributed by atoms with Gasteiger partial charge >= 0.3 is 12.1 Å². The van der Waals surface area contributed by atoms with Crippen molar-refractivity contribution in [3.8, 4) is 17.1 Å². The number of amides is 5. The summed E-state index contributed by atoms with van der Waals surface area (Å²) in [5.41, 5.74) is 7.92. The zero-order valence-corrected chi connectivity index (χ0v) is 70.0. The topological polar surface area (TPSA) is 428 Å². The molecule has 1 aliphatic carbocycles. The second-order valence-corrected chi connectivity index (χ2v) is 28.3. The van der Waals surface area contributed by atoms with Crippen molar-refractivity contribution in [1.82, 2.24) is 30.8 Å². The monoisotopic (exact) mass is 1690 g/mol. The summed E-state index contributed by atoms with van der Waals surface area (Å²) in [6.07, 6.45) is 1.07. The number of pyridine rings is 2. The van der Waals surface area contributed by atoms with Gasteiger partial charge in [-0.25, -0.2) is 19.0 Å². The van der Waals surface area contributed by atoms with Crippen LogP contribution in [0.3, 0.4) is 0 Å². The van der Waals surface area contributed by atoms with Crippen LogP contribution in [0.15, 0.2) is 35.1 Å². The molecule has 3 aliphatic rings. The van der Waals surface area contributed by atoms with E-state index in [9.17, 15) is 38.7 Å². The van der Waals surface area contributed by atoms with Crippen LogP contribution in [0.5, 0.6) is 5.75 Å². The molecular formula is C82H125FN8O28. The number of aromatic nitrogens is 2. The predicted octanol–water partition coefficient (Wildman–Crippen LogP) is 3.56. The van der Waals surface area contributed by atoms with Crippen molar-refractivity contribution in [1.29, 1.82) is 0 Å². The molecule has 37 heteroatoms. The third kappa shape index (κ3) is 33.6. The number of benzene rings is 2. The van der Waals surface area contributed by atoms with E-state index in [0.29, 0.717) is 254 Å². The molecule has 119 heavy (non-hydrogen) atoms. The number of hydrogen-bond donors (Lipinski definition) is 7. The number of unbranched alkanes of at least 4 members (excludes halogenated alkanes) is 1. The maximum atomic E-state index is 15.7. The summed E-state index contributed by atoms with van der Waals surface area (Å²) in [4.78, 5) is 99.8. The summed E-state index contributed by atoms with van der Waals surface area (Å²) in [5.74, 6) is -3.67. The maximum Gasteiger partial charge on any atom is 0.407 e. The van der Waals surface area contributed by atoms with E-state index in [1.54, 1.807) is 60.1 Å². The highest BCUT2D eigenvalue weighted by Crippen LogP contribution is 2.46. The highest BCUT2D eigenvalue weighted by Gasteiger charge is 2.46. The Morgan fingerprint density at radius 1 is 0.622 bits per heavy atom. The summed E-state index contributed by atoms with van der Waals surface area (Å²) in [5, 5.41) is 26.2. The SMILES string of the molecule is CC[C@@]1(O)C(=O)OCc2c1cc1n(c2=O)Cc2c-1nc1cc(F)c(C)c3c1c2[C@@H](NC(=O)OCc1ccc(NC(=O)[C@H](C)NC(=O)[C@@H](NC(=O)[C@@H](N)CCCCNC(=O)COCCOCCOCCOCCOCCOCCOCCOC)C(C)C)cc1OCCOCCOCCOCCOCCOCCOCCOCCOCCOC)CC3. The predicted molar refractivity (Wildman–Crippen MR) is 429 cm³/mol. The minimum Gasteiger partial charge on any atom is -0.491 e. The maximum absolute atomic E-state index is 15.7. The van der Waals surface area contributed by atoms with Gasteiger partial charge in [-0.3, -0.25) is 24.0 Å². The van der Waals surface area contributed by atoms with Crippen molar-refractivity contribution >= 4 is 52.3 Å². The lowest BCUT2D eigenvalue weighted by molar-refractivity contribution is -0.172. The highest BCUT2D eigenvalue weighted by molar-refractivity contribution is 5.99. The third-order valence-corrected chi connectivity index (χ3v) is 19.4. The first-order valence-electron chi connectivity index (χ1n) is 40.9. The van der Waals surface area contributed by atoms with Crippen LogP contribution in [0.2, 0.25) is 0 Å². The van der Waals surface area contributed by atoms with Crippen molar-refractivity contribution in [3.05, 3.63) is 85.4 Å². The lowest BCUT2D eigenvalue weighted by atomic mass is 9.81. The van der Waals surface area contributed by atoms with Crippen LogP contribution in [0, 0.1) is 18.7 Å². The Hall–Kier alpha value is -7.61. The minimum atomic E-state index is -2.08. The first-order valence-corrected chi connectivity index (χ1v) is 40.9. The van der Waals surface area contributed by atoms with E-state index in [0.717, 1.165) is 0 Å². The van der Waals surface area contributed by atoms with Gasteiger partial charge in [0.1, 0.15) is 50.1 Å². The van der Waals surface area contributed by atoms with E-state index in [1.807, 2.05) is 0 Å². The number of cyclic esters (lactones) is 1. The standard InChI is InChI=1S/C82H125FN8O28/c1-8-82(99)64-50-69-75-62(52-91(69)79(96)63(64)54-118-80(82)97)73-67(15-14-61-57(4)65(83)51-68(88-75)72(61)73)89-81(98)119-53-59-12-13-60(49-70(59)117-48-47-115-44-43-113-40-39-111-36-35-109-34-33-108-31-29-106-27-25-104-23-21-102-19-17-100-6)87-76(93)58(5)86-78(95)74(56(2)3)90-77(94)66(84)11-9-10-16-85-71(92)55-116-46-45-114-42-41-112-38-37-110-32-30-107-28-26-105-24-22-103-20-18-101-7/h12-13,49-51,56,58,66-67,74,99H,8-11,14-48,52-55,84H2,1-7H3,(H,85,92)(H,86,95)(H,87,93)(H,89,98)(H,90,94)/t58-,66-,67-,74-,82-/m0/s1. The summed E-state index contributed by atoms with van der Waals surface area (Å²) < 4.78 is 127. The normalized spacial score (nSPS) is 15.4. The molecule has 8 N–H and O–H groups in total. The van der Waals surface area contributed by atoms with E-state index in [-0.39, 0.29) is 107 Å². The van der Waals surface area contributed by atoms with Crippen LogP contribution in [0.4, 0.5) is 14.9 Å². The Kier molecular flexibility index (Phi) is 46.5. The van der Waals surface area contributed by atoms with Gasteiger partial charge in [-0.2, -0.15) is 0 Å². The Bertz CT molecular complexity index is 3790. The molecule has 0 radical (unpaired) electrons. The average molecular weight is 1690 g/mol. The fourth-order valence-corrected chi connectivity index (χ4v) is 12.8. The van der Waals surface area contributed by atoms with Crippen LogP contribution in [0.25, 0.3) is 22.3 Å². The fraction of sp³-hybridized carbons (Fsp3) is 0.683. The molecule has 7 rings (SSSR count). The molecule has 36 nitrogen and oxygen atoms in total. The number of nitrogens with one attached hydrogen (secondary N) is 5. The molecule has 0 spiro atoms. The Morgan fingerprint density at radius 2 is 1.12 bits per heavy atom. The number of anilines is 1. The number of ether oxygens (including phenoxy) is 20. The zero-order chi connectivity index (χ0) is 85.4. The van der Waals surface area contributed by atoms with Gasteiger partial charge in [0, 0.05) is 60.7 Å². The van der Waals surface area contributed by atoms with Gasteiger partial charge in [-0.05, 0) is 93.2 Å². The van der Waals surface area contributed by atoms with Gasteiger partial charge in [-0.15, -0.1) is 0 Å². The van der Waals surface area contributed by atoms with Crippen molar-refractivity contribution < 1.29 is 133 Å². The molecular weight excluding hydrogens is 1560 g/mol. The molecule has 2 aromatic carbocycles. The van der Waals surface area contributed by atoms with Crippen LogP contribution in [-0.2, 0) is 146 Å². The molecule has 2 aromatic heterocycles. The second kappa shape index (κ2) is 56.1. The van der Waals surface area contributed by atoms with E-state index >= 15 is 4.39 Å². The number of rotatable bonds is 67. The number of alkyl carbamates (subject to hydrolysis) is 1. The number of aryl methyl sites for hydroxylation is 1. The van der Waals surface area contributed by atoms with E-state index in [2.05, 4.69) is 26.6 Å². The molecule has 0 saturated carbocycles. The molecule has 0 unspecified atom stereocenters. The summed E-state index contributed by atoms with van der Waals surface area (Å²) >= 11 is 0. The Morgan fingerprint density at radius 3 is 1.61 bits per heavy atom. The summed E-state index contributed by atoms with van der Waals surface area (Å²) in [6, 6.07) is 3.73. The number of halogens is 1. The molecule has 5 atom stereocenters. The number of fused-ring (bicyclic) bond motifs is 5. The molecule has 5 amide bonds. The molecule has 0 bridgehead atoms. The van der Waals surface area contributed by atoms with Crippen LogP contribution >= 0.6 is 0 Å². The fourth-order valence-electron chi connectivity index (χ4n) is 12.8. The molecule has 4 aromatic rings. The first-order chi connectivity index (χ1) is 57.8. The van der Waals surface area contributed by atoms with Crippen molar-refractivity contribution in [2.45, 2.75) is 123 Å². The lowest BCUT2D eigenvalue weighted by Crippen LogP contribution is -2.56. The molecule has 0 fully saturated rings. The Labute approximate surface area is 694 Å². The van der Waals surface area contributed by atoms with E-state index < -0.39 is 76.8 Å². The van der Waals surface area contributed by atoms with Gasteiger partial charge in [0.2, 0.25) is 23.6 Å². The number of esters is 1. The number of carbonyl (C=O) groups is 6. The second-order valence-electron chi connectivity index (χ2n) is 28.3. The van der Waals surface area contributed by atoms with Crippen molar-refractivity contribution in [2.24, 2.45) is 11.7 Å². The van der Waals surface area contributed by atoms with Crippen molar-refractivity contribution in [3.63, 3.8) is 0 Å². The molecule has 2 aliphatic heterocycles. The zero-order valence-electron chi connectivity index (χ0n) is 70.0. The van der Waals surface area contributed by atoms with Crippen LogP contribution < -0.4 is 42.6 Å². The van der Waals surface area contributed by atoms with Gasteiger partial charge in [0.15, 0.2) is 5.60 Å². The molecule has 668 valence electrons. The molecule has 4 heterocycles. The van der Waals surface area contributed by atoms with Gasteiger partial charge in [-0.1, -0.05) is 20.8 Å². The van der Waals surface area contributed by atoms with Gasteiger partial charge < -0.3 is 137 Å². The number of methoxy groups -OCH3 is 2. The van der Waals surface area contributed by atoms with E-state index in [1.165, 1.54) is 23.6 Å². The largest absolute Gasteiger partial charge is 0.491 e. The van der Waals surface area contributed by atoms with Crippen molar-refractivity contribution in [2.75, 3.05) is 244 Å². The van der Waals surface area contributed by atoms with Crippen LogP contribution in [-0.4, -0.2) is 307 Å². The number of carbonyl (C=O) groups excluding carboxylic acids is 6. The molecule has 0 saturated heterocycles. The first kappa shape index (κ1) is 98.5. The summed E-state index contributed by atoms with van der Waals surface area (Å²) in [6.45, 7) is 20.4. The third-order valence-electron chi connectivity index (χ3n) is 19.4. The van der Waals surface area contributed by atoms with Gasteiger partial charge in [0.05, 0.1) is 246 Å². The van der Waals surface area contributed by atoms with E-state index in [4.69, 9.17) is 105 Å². The minimum absolute atomic E-state index is 0.00791.